The first kappa shape index (κ1) is 16.4. The van der Waals surface area contributed by atoms with Gasteiger partial charge in [-0.05, 0) is 17.8 Å². The van der Waals surface area contributed by atoms with Crippen molar-refractivity contribution in [3.8, 4) is 0 Å². The molecule has 0 aliphatic heterocycles. The fourth-order valence-electron chi connectivity index (χ4n) is 1.45. The smallest absolute Gasteiger partial charge is 0.211 e. The number of nitrogens with one attached hydrogen (secondary N) is 1. The molecular weight excluding hydrogens is 290 g/mol. The molecule has 0 heterocycles. The minimum atomic E-state index is -3.11. The Kier molecular flexibility index (Phi) is 6.51. The maximum Gasteiger partial charge on any atom is 0.211 e. The van der Waals surface area contributed by atoms with Gasteiger partial charge >= 0.3 is 0 Å². The van der Waals surface area contributed by atoms with Gasteiger partial charge in [-0.3, -0.25) is 0 Å². The highest BCUT2D eigenvalue weighted by atomic mass is 79.9. The van der Waals surface area contributed by atoms with Crippen molar-refractivity contribution in [2.75, 3.05) is 12.3 Å². The summed E-state index contributed by atoms with van der Waals surface area (Å²) in [6.45, 7) is 10.7. The minimum Gasteiger partial charge on any atom is -0.214 e. The van der Waals surface area contributed by atoms with Gasteiger partial charge in [-0.1, -0.05) is 50.5 Å². The van der Waals surface area contributed by atoms with Crippen LogP contribution >= 0.6 is 15.9 Å². The van der Waals surface area contributed by atoms with Crippen molar-refractivity contribution in [2.24, 2.45) is 11.3 Å². The normalized spacial score (nSPS) is 15.4. The molecule has 0 aromatic heterocycles. The van der Waals surface area contributed by atoms with Gasteiger partial charge in [0.15, 0.2) is 0 Å². The van der Waals surface area contributed by atoms with Crippen LogP contribution in [-0.4, -0.2) is 25.5 Å². The molecule has 0 aromatic carbocycles. The average molecular weight is 314 g/mol. The third-order valence-corrected chi connectivity index (χ3v) is 4.27. The largest absolute Gasteiger partial charge is 0.214 e. The fourth-order valence-corrected chi connectivity index (χ4v) is 4.25. The highest BCUT2D eigenvalue weighted by Crippen LogP contribution is 2.24. The lowest BCUT2D eigenvalue weighted by molar-refractivity contribution is 0.373. The molecule has 0 aliphatic carbocycles. The number of halogens is 1. The zero-order valence-corrected chi connectivity index (χ0v) is 13.3. The van der Waals surface area contributed by atoms with Crippen LogP contribution in [0.3, 0.4) is 0 Å². The second kappa shape index (κ2) is 6.36. The van der Waals surface area contributed by atoms with Crippen LogP contribution in [0, 0.1) is 11.3 Å². The van der Waals surface area contributed by atoms with Crippen molar-refractivity contribution in [2.45, 2.75) is 45.9 Å². The van der Waals surface area contributed by atoms with E-state index >= 15 is 0 Å². The molecule has 1 N–H and O–H groups in total. The first-order valence-corrected chi connectivity index (χ1v) is 8.20. The topological polar surface area (TPSA) is 46.2 Å². The Labute approximate surface area is 109 Å². The molecule has 0 radical (unpaired) electrons. The third-order valence-electron chi connectivity index (χ3n) is 1.91. The van der Waals surface area contributed by atoms with Crippen LogP contribution in [0.25, 0.3) is 0 Å². The second-order valence-electron chi connectivity index (χ2n) is 5.89. The highest BCUT2D eigenvalue weighted by Gasteiger charge is 2.19. The van der Waals surface area contributed by atoms with Gasteiger partial charge in [0.1, 0.15) is 0 Å². The number of sulfonamides is 1. The molecule has 0 fully saturated rings. The summed E-state index contributed by atoms with van der Waals surface area (Å²) < 4.78 is 25.8. The molecular formula is C11H24BrNO2S. The molecule has 16 heavy (non-hydrogen) atoms. The van der Waals surface area contributed by atoms with Gasteiger partial charge in [0.2, 0.25) is 10.0 Å². The van der Waals surface area contributed by atoms with Gasteiger partial charge in [0.05, 0.1) is 5.75 Å². The quantitative estimate of drug-likeness (QED) is 0.766. The number of hydrogen-bond donors (Lipinski definition) is 1. The molecule has 0 saturated carbocycles. The zero-order chi connectivity index (χ0) is 13.0. The SMILES string of the molecule is CC(C)CS(=O)(=O)NCC(Br)CC(C)(C)C. The fraction of sp³-hybridized carbons (Fsp3) is 1.00. The third kappa shape index (κ3) is 9.60. The summed E-state index contributed by atoms with van der Waals surface area (Å²) in [4.78, 5) is 0.189. The summed E-state index contributed by atoms with van der Waals surface area (Å²) >= 11 is 3.51. The molecule has 0 amide bonds. The molecule has 0 aliphatic rings. The highest BCUT2D eigenvalue weighted by molar-refractivity contribution is 9.09. The van der Waals surface area contributed by atoms with Gasteiger partial charge in [0.25, 0.3) is 0 Å². The van der Waals surface area contributed by atoms with E-state index in [-0.39, 0.29) is 21.9 Å². The Morgan fingerprint density at radius 2 is 1.75 bits per heavy atom. The van der Waals surface area contributed by atoms with E-state index in [4.69, 9.17) is 0 Å². The van der Waals surface area contributed by atoms with E-state index in [1.165, 1.54) is 0 Å². The predicted molar refractivity (Wildman–Crippen MR) is 73.4 cm³/mol. The van der Waals surface area contributed by atoms with Crippen molar-refractivity contribution in [3.63, 3.8) is 0 Å². The van der Waals surface area contributed by atoms with E-state index < -0.39 is 10.0 Å². The van der Waals surface area contributed by atoms with Crippen LogP contribution in [0.15, 0.2) is 0 Å². The molecule has 0 saturated heterocycles. The maximum absolute atomic E-state index is 11.6. The number of hydrogen-bond acceptors (Lipinski definition) is 2. The van der Waals surface area contributed by atoms with Crippen molar-refractivity contribution in [1.29, 1.82) is 0 Å². The lowest BCUT2D eigenvalue weighted by atomic mass is 9.91. The van der Waals surface area contributed by atoms with E-state index in [0.717, 1.165) is 6.42 Å². The van der Waals surface area contributed by atoms with Crippen molar-refractivity contribution in [3.05, 3.63) is 0 Å². The van der Waals surface area contributed by atoms with E-state index in [9.17, 15) is 8.42 Å². The number of rotatable bonds is 6. The minimum absolute atomic E-state index is 0.161. The first-order chi connectivity index (χ1) is 7.02. The van der Waals surface area contributed by atoms with Crippen LogP contribution in [-0.2, 0) is 10.0 Å². The Balaban J connectivity index is 4.06. The molecule has 1 atom stereocenters. The van der Waals surface area contributed by atoms with Crippen LogP contribution < -0.4 is 4.72 Å². The zero-order valence-electron chi connectivity index (χ0n) is 10.9. The van der Waals surface area contributed by atoms with Crippen LogP contribution in [0.2, 0.25) is 0 Å². The lowest BCUT2D eigenvalue weighted by Gasteiger charge is -2.22. The van der Waals surface area contributed by atoms with E-state index in [1.807, 2.05) is 13.8 Å². The molecule has 0 aromatic rings. The summed E-state index contributed by atoms with van der Waals surface area (Å²) in [5.41, 5.74) is 0.206. The second-order valence-corrected chi connectivity index (χ2v) is 9.03. The Bertz CT molecular complexity index is 294. The van der Waals surface area contributed by atoms with Crippen LogP contribution in [0.1, 0.15) is 41.0 Å². The molecule has 0 spiro atoms. The summed E-state index contributed by atoms with van der Waals surface area (Å²) in [6.07, 6.45) is 0.942. The lowest BCUT2D eigenvalue weighted by Crippen LogP contribution is -2.34. The first-order valence-electron chi connectivity index (χ1n) is 5.63. The van der Waals surface area contributed by atoms with Crippen LogP contribution in [0.5, 0.6) is 0 Å². The van der Waals surface area contributed by atoms with E-state index in [2.05, 4.69) is 41.4 Å². The molecule has 0 bridgehead atoms. The van der Waals surface area contributed by atoms with Crippen molar-refractivity contribution >= 4 is 26.0 Å². The summed E-state index contributed by atoms with van der Waals surface area (Å²) in [5, 5.41) is 0. The average Bonchev–Trinajstić information content (AvgIpc) is 1.95. The van der Waals surface area contributed by atoms with Gasteiger partial charge in [0, 0.05) is 11.4 Å². The van der Waals surface area contributed by atoms with Crippen molar-refractivity contribution < 1.29 is 8.42 Å². The summed E-state index contributed by atoms with van der Waals surface area (Å²) in [6, 6.07) is 0. The number of alkyl halides is 1. The van der Waals surface area contributed by atoms with E-state index in [0.29, 0.717) is 6.54 Å². The summed E-state index contributed by atoms with van der Waals surface area (Å²) in [5.74, 6) is 0.358. The molecule has 98 valence electrons. The Morgan fingerprint density at radius 1 is 1.25 bits per heavy atom. The van der Waals surface area contributed by atoms with Gasteiger partial charge in [-0.25, -0.2) is 13.1 Å². The predicted octanol–water partition coefficient (Wildman–Crippen LogP) is 2.76. The molecule has 0 rings (SSSR count). The molecule has 5 heteroatoms. The van der Waals surface area contributed by atoms with Gasteiger partial charge < -0.3 is 0 Å². The standard InChI is InChI=1S/C11H24BrNO2S/c1-9(2)8-16(14,15)13-7-10(12)6-11(3,4)5/h9-10,13H,6-8H2,1-5H3. The van der Waals surface area contributed by atoms with Gasteiger partial charge in [-0.2, -0.15) is 0 Å². The molecule has 1 unspecified atom stereocenters. The van der Waals surface area contributed by atoms with Gasteiger partial charge in [-0.15, -0.1) is 0 Å². The van der Waals surface area contributed by atoms with E-state index in [1.54, 1.807) is 0 Å². The molecule has 3 nitrogen and oxygen atoms in total. The Hall–Kier alpha value is 0.390. The summed E-state index contributed by atoms with van der Waals surface area (Å²) in [7, 11) is -3.11. The Morgan fingerprint density at radius 3 is 2.12 bits per heavy atom. The van der Waals surface area contributed by atoms with Crippen LogP contribution in [0.4, 0.5) is 0 Å². The monoisotopic (exact) mass is 313 g/mol. The maximum atomic E-state index is 11.6. The van der Waals surface area contributed by atoms with Crippen molar-refractivity contribution in [1.82, 2.24) is 4.72 Å².